The molecule has 5 heteroatoms. The van der Waals surface area contributed by atoms with Crippen molar-refractivity contribution in [1.82, 2.24) is 9.55 Å². The maximum absolute atomic E-state index is 10.4. The summed E-state index contributed by atoms with van der Waals surface area (Å²) in [5, 5.41) is 8.52. The molecule has 0 amide bonds. The van der Waals surface area contributed by atoms with Gasteiger partial charge in [0, 0.05) is 19.0 Å². The van der Waals surface area contributed by atoms with Gasteiger partial charge in [0.1, 0.15) is 5.82 Å². The van der Waals surface area contributed by atoms with E-state index >= 15 is 0 Å². The summed E-state index contributed by atoms with van der Waals surface area (Å²) < 4.78 is 1.65. The van der Waals surface area contributed by atoms with E-state index < -0.39 is 5.97 Å². The van der Waals surface area contributed by atoms with Crippen LogP contribution in [-0.2, 0) is 12.8 Å². The second kappa shape index (κ2) is 2.96. The number of imidazole rings is 1. The SMILES string of the molecule is Cn1cc(C(=O)O)nc1CS. The van der Waals surface area contributed by atoms with Gasteiger partial charge < -0.3 is 9.67 Å². The fourth-order valence-electron chi connectivity index (χ4n) is 0.755. The van der Waals surface area contributed by atoms with Gasteiger partial charge in [-0.2, -0.15) is 12.6 Å². The number of carboxylic acid groups (broad SMARTS) is 1. The number of nitrogens with zero attached hydrogens (tertiary/aromatic N) is 2. The molecule has 0 unspecified atom stereocenters. The van der Waals surface area contributed by atoms with Crippen LogP contribution >= 0.6 is 12.6 Å². The van der Waals surface area contributed by atoms with E-state index in [0.29, 0.717) is 11.6 Å². The van der Waals surface area contributed by atoms with Gasteiger partial charge in [-0.05, 0) is 0 Å². The minimum absolute atomic E-state index is 0.0663. The molecule has 1 aromatic heterocycles. The van der Waals surface area contributed by atoms with Crippen molar-refractivity contribution in [1.29, 1.82) is 0 Å². The minimum Gasteiger partial charge on any atom is -0.476 e. The Bertz CT molecular complexity index is 282. The highest BCUT2D eigenvalue weighted by Crippen LogP contribution is 2.03. The van der Waals surface area contributed by atoms with Crippen molar-refractivity contribution in [3.05, 3.63) is 17.7 Å². The number of rotatable bonds is 2. The first-order chi connectivity index (χ1) is 5.15. The standard InChI is InChI=1S/C6H8N2O2S/c1-8-2-4(6(9)10)7-5(8)3-11/h2,11H,3H2,1H3,(H,9,10). The van der Waals surface area contributed by atoms with Crippen molar-refractivity contribution in [3.8, 4) is 0 Å². The number of aromatic nitrogens is 2. The Balaban J connectivity index is 3.05. The number of thiol groups is 1. The molecule has 0 spiro atoms. The zero-order chi connectivity index (χ0) is 8.43. The van der Waals surface area contributed by atoms with Crippen LogP contribution in [0.1, 0.15) is 16.3 Å². The first kappa shape index (κ1) is 8.13. The quantitative estimate of drug-likeness (QED) is 0.640. The lowest BCUT2D eigenvalue weighted by Crippen LogP contribution is -1.95. The second-order valence-corrected chi connectivity index (χ2v) is 2.43. The van der Waals surface area contributed by atoms with E-state index in [2.05, 4.69) is 17.6 Å². The fourth-order valence-corrected chi connectivity index (χ4v) is 1.05. The van der Waals surface area contributed by atoms with E-state index in [9.17, 15) is 4.79 Å². The Morgan fingerprint density at radius 3 is 2.82 bits per heavy atom. The second-order valence-electron chi connectivity index (χ2n) is 2.12. The fraction of sp³-hybridized carbons (Fsp3) is 0.333. The Hall–Kier alpha value is -0.970. The molecule has 1 rings (SSSR count). The molecule has 0 aliphatic carbocycles. The van der Waals surface area contributed by atoms with Crippen LogP contribution in [0.5, 0.6) is 0 Å². The summed E-state index contributed by atoms with van der Waals surface area (Å²) in [4.78, 5) is 14.2. The first-order valence-corrected chi connectivity index (χ1v) is 3.64. The minimum atomic E-state index is -1.01. The highest BCUT2D eigenvalue weighted by atomic mass is 32.1. The molecule has 4 nitrogen and oxygen atoms in total. The molecule has 11 heavy (non-hydrogen) atoms. The predicted molar refractivity (Wildman–Crippen MR) is 42.9 cm³/mol. The zero-order valence-electron chi connectivity index (χ0n) is 5.98. The van der Waals surface area contributed by atoms with Crippen LogP contribution in [0, 0.1) is 0 Å². The third-order valence-electron chi connectivity index (χ3n) is 1.33. The molecular formula is C6H8N2O2S. The topological polar surface area (TPSA) is 55.1 Å². The van der Waals surface area contributed by atoms with Crippen LogP contribution in [0.4, 0.5) is 0 Å². The average molecular weight is 172 g/mol. The van der Waals surface area contributed by atoms with Gasteiger partial charge in [-0.15, -0.1) is 0 Å². The Kier molecular flexibility index (Phi) is 2.19. The van der Waals surface area contributed by atoms with E-state index in [-0.39, 0.29) is 5.69 Å². The molecule has 0 saturated heterocycles. The summed E-state index contributed by atoms with van der Waals surface area (Å²) in [5.41, 5.74) is 0.0663. The van der Waals surface area contributed by atoms with Gasteiger partial charge in [0.15, 0.2) is 5.69 Å². The normalized spacial score (nSPS) is 10.0. The van der Waals surface area contributed by atoms with E-state index in [4.69, 9.17) is 5.11 Å². The smallest absolute Gasteiger partial charge is 0.356 e. The van der Waals surface area contributed by atoms with E-state index in [1.807, 2.05) is 0 Å². The van der Waals surface area contributed by atoms with Gasteiger partial charge in [-0.1, -0.05) is 0 Å². The molecule has 60 valence electrons. The third kappa shape index (κ3) is 1.54. The number of aryl methyl sites for hydroxylation is 1. The summed E-state index contributed by atoms with van der Waals surface area (Å²) in [6, 6.07) is 0. The summed E-state index contributed by atoms with van der Waals surface area (Å²) in [7, 11) is 1.74. The molecule has 0 bridgehead atoms. The van der Waals surface area contributed by atoms with E-state index in [1.54, 1.807) is 11.6 Å². The summed E-state index contributed by atoms with van der Waals surface area (Å²) in [6.45, 7) is 0. The number of aromatic carboxylic acids is 1. The largest absolute Gasteiger partial charge is 0.476 e. The van der Waals surface area contributed by atoms with Crippen molar-refractivity contribution >= 4 is 18.6 Å². The Morgan fingerprint density at radius 1 is 1.91 bits per heavy atom. The van der Waals surface area contributed by atoms with Crippen LogP contribution in [0.25, 0.3) is 0 Å². The van der Waals surface area contributed by atoms with Crippen LogP contribution in [0.15, 0.2) is 6.20 Å². The molecule has 0 atom stereocenters. The van der Waals surface area contributed by atoms with Gasteiger partial charge in [0.25, 0.3) is 0 Å². The van der Waals surface area contributed by atoms with Gasteiger partial charge in [-0.3, -0.25) is 0 Å². The zero-order valence-corrected chi connectivity index (χ0v) is 6.88. The lowest BCUT2D eigenvalue weighted by atomic mass is 10.5. The third-order valence-corrected chi connectivity index (χ3v) is 1.62. The predicted octanol–water partition coefficient (Wildman–Crippen LogP) is 0.548. The molecular weight excluding hydrogens is 164 g/mol. The number of hydrogen-bond acceptors (Lipinski definition) is 3. The van der Waals surface area contributed by atoms with Crippen molar-refractivity contribution in [3.63, 3.8) is 0 Å². The summed E-state index contributed by atoms with van der Waals surface area (Å²) in [5.74, 6) is 0.100. The molecule has 0 aliphatic rings. The lowest BCUT2D eigenvalue weighted by molar-refractivity contribution is 0.0691. The number of carboxylic acids is 1. The van der Waals surface area contributed by atoms with Gasteiger partial charge in [0.2, 0.25) is 0 Å². The van der Waals surface area contributed by atoms with Gasteiger partial charge in [-0.25, -0.2) is 9.78 Å². The molecule has 0 aromatic carbocycles. The Morgan fingerprint density at radius 2 is 2.55 bits per heavy atom. The molecule has 0 radical (unpaired) electrons. The maximum atomic E-state index is 10.4. The van der Waals surface area contributed by atoms with E-state index in [0.717, 1.165) is 0 Å². The van der Waals surface area contributed by atoms with Crippen LogP contribution < -0.4 is 0 Å². The van der Waals surface area contributed by atoms with Crippen LogP contribution in [0.3, 0.4) is 0 Å². The van der Waals surface area contributed by atoms with E-state index in [1.165, 1.54) is 6.20 Å². The van der Waals surface area contributed by atoms with Crippen LogP contribution in [0.2, 0.25) is 0 Å². The van der Waals surface area contributed by atoms with Crippen molar-refractivity contribution in [2.24, 2.45) is 7.05 Å². The molecule has 0 aliphatic heterocycles. The van der Waals surface area contributed by atoms with Crippen LogP contribution in [-0.4, -0.2) is 20.6 Å². The highest BCUT2D eigenvalue weighted by Gasteiger charge is 2.08. The molecule has 0 fully saturated rings. The highest BCUT2D eigenvalue weighted by molar-refractivity contribution is 7.79. The molecule has 1 aromatic rings. The van der Waals surface area contributed by atoms with Crippen molar-refractivity contribution < 1.29 is 9.90 Å². The average Bonchev–Trinajstić information content (AvgIpc) is 2.31. The maximum Gasteiger partial charge on any atom is 0.356 e. The number of carbonyl (C=O) groups is 1. The monoisotopic (exact) mass is 172 g/mol. The van der Waals surface area contributed by atoms with Crippen molar-refractivity contribution in [2.45, 2.75) is 5.75 Å². The summed E-state index contributed by atoms with van der Waals surface area (Å²) >= 11 is 3.99. The van der Waals surface area contributed by atoms with Crippen molar-refractivity contribution in [2.75, 3.05) is 0 Å². The first-order valence-electron chi connectivity index (χ1n) is 3.01. The van der Waals surface area contributed by atoms with Gasteiger partial charge >= 0.3 is 5.97 Å². The summed E-state index contributed by atoms with van der Waals surface area (Å²) in [6.07, 6.45) is 1.47. The molecule has 1 heterocycles. The lowest BCUT2D eigenvalue weighted by Gasteiger charge is -1.92. The molecule has 0 saturated carbocycles. The number of hydrogen-bond donors (Lipinski definition) is 2. The molecule has 1 N–H and O–H groups in total. The Labute approximate surface area is 69.3 Å². The van der Waals surface area contributed by atoms with Gasteiger partial charge in [0.05, 0.1) is 0 Å².